The van der Waals surface area contributed by atoms with Crippen molar-refractivity contribution in [2.24, 2.45) is 5.73 Å². The number of rotatable bonds is 2. The monoisotopic (exact) mass is 271 g/mol. The molecule has 1 aromatic heterocycles. The average molecular weight is 272 g/mol. The molecule has 0 amide bonds. The van der Waals surface area contributed by atoms with Gasteiger partial charge in [0.1, 0.15) is 0 Å². The Balaban J connectivity index is 2.41. The Hall–Kier alpha value is -0.540. The first kappa shape index (κ1) is 11.9. The van der Waals surface area contributed by atoms with E-state index in [-0.39, 0.29) is 6.04 Å². The molecule has 0 aliphatic heterocycles. The van der Waals surface area contributed by atoms with E-state index < -0.39 is 0 Å². The fourth-order valence-electron chi connectivity index (χ4n) is 1.61. The van der Waals surface area contributed by atoms with Crippen LogP contribution in [0.5, 0.6) is 0 Å². The standard InChI is InChI=1S/C12H11Cl2NS/c1-7-5-16-6-10(7)12(15)9-3-2-8(13)4-11(9)14/h2-6,12H,15H2,1H3. The summed E-state index contributed by atoms with van der Waals surface area (Å²) in [5.41, 5.74) is 9.42. The van der Waals surface area contributed by atoms with Gasteiger partial charge in [0.2, 0.25) is 0 Å². The van der Waals surface area contributed by atoms with Crippen LogP contribution in [0.3, 0.4) is 0 Å². The normalized spacial score (nSPS) is 12.8. The number of hydrogen-bond acceptors (Lipinski definition) is 2. The van der Waals surface area contributed by atoms with Crippen LogP contribution in [0.4, 0.5) is 0 Å². The summed E-state index contributed by atoms with van der Waals surface area (Å²) in [6.07, 6.45) is 0. The summed E-state index contributed by atoms with van der Waals surface area (Å²) in [7, 11) is 0. The summed E-state index contributed by atoms with van der Waals surface area (Å²) >= 11 is 13.6. The molecular formula is C12H11Cl2NS. The molecule has 0 saturated heterocycles. The van der Waals surface area contributed by atoms with Crippen molar-refractivity contribution in [3.63, 3.8) is 0 Å². The number of halogens is 2. The number of benzene rings is 1. The molecule has 0 saturated carbocycles. The minimum atomic E-state index is -0.184. The van der Waals surface area contributed by atoms with E-state index in [1.807, 2.05) is 12.1 Å². The predicted octanol–water partition coefficient (Wildman–Crippen LogP) is 4.41. The first-order chi connectivity index (χ1) is 7.59. The Labute approximate surface area is 109 Å². The summed E-state index contributed by atoms with van der Waals surface area (Å²) in [5, 5.41) is 5.39. The molecule has 1 heterocycles. The largest absolute Gasteiger partial charge is 0.320 e. The summed E-state index contributed by atoms with van der Waals surface area (Å²) < 4.78 is 0. The SMILES string of the molecule is Cc1cscc1C(N)c1ccc(Cl)cc1Cl. The molecule has 0 spiro atoms. The molecule has 16 heavy (non-hydrogen) atoms. The molecule has 2 rings (SSSR count). The first-order valence-electron chi connectivity index (χ1n) is 4.83. The van der Waals surface area contributed by atoms with Crippen LogP contribution in [0, 0.1) is 6.92 Å². The molecular weight excluding hydrogens is 261 g/mol. The molecule has 0 radical (unpaired) electrons. The van der Waals surface area contributed by atoms with E-state index in [1.54, 1.807) is 17.4 Å². The highest BCUT2D eigenvalue weighted by Crippen LogP contribution is 2.31. The maximum atomic E-state index is 6.19. The fourth-order valence-corrected chi connectivity index (χ4v) is 3.02. The second kappa shape index (κ2) is 4.76. The molecule has 0 aliphatic rings. The summed E-state index contributed by atoms with van der Waals surface area (Å²) in [6, 6.07) is 5.23. The van der Waals surface area contributed by atoms with Crippen LogP contribution in [0.1, 0.15) is 22.7 Å². The third-order valence-electron chi connectivity index (χ3n) is 2.53. The van der Waals surface area contributed by atoms with Gasteiger partial charge in [-0.05, 0) is 46.5 Å². The summed E-state index contributed by atoms with van der Waals surface area (Å²) in [5.74, 6) is 0. The zero-order valence-corrected chi connectivity index (χ0v) is 11.0. The number of thiophene rings is 1. The van der Waals surface area contributed by atoms with E-state index in [4.69, 9.17) is 28.9 Å². The number of nitrogens with two attached hydrogens (primary N) is 1. The Kier molecular flexibility index (Phi) is 3.55. The van der Waals surface area contributed by atoms with Crippen molar-refractivity contribution < 1.29 is 0 Å². The Morgan fingerprint density at radius 1 is 1.19 bits per heavy atom. The Morgan fingerprint density at radius 3 is 2.50 bits per heavy atom. The van der Waals surface area contributed by atoms with Crippen molar-refractivity contribution in [1.82, 2.24) is 0 Å². The van der Waals surface area contributed by atoms with Gasteiger partial charge in [0, 0.05) is 10.0 Å². The van der Waals surface area contributed by atoms with Gasteiger partial charge in [-0.1, -0.05) is 29.3 Å². The third-order valence-corrected chi connectivity index (χ3v) is 3.97. The smallest absolute Gasteiger partial charge is 0.0577 e. The van der Waals surface area contributed by atoms with Crippen molar-refractivity contribution in [2.75, 3.05) is 0 Å². The maximum absolute atomic E-state index is 6.19. The van der Waals surface area contributed by atoms with Crippen LogP contribution < -0.4 is 5.73 Å². The highest BCUT2D eigenvalue weighted by molar-refractivity contribution is 7.08. The van der Waals surface area contributed by atoms with Gasteiger partial charge in [0.15, 0.2) is 0 Å². The number of hydrogen-bond donors (Lipinski definition) is 1. The lowest BCUT2D eigenvalue weighted by Gasteiger charge is -2.14. The van der Waals surface area contributed by atoms with E-state index in [0.29, 0.717) is 10.0 Å². The minimum absolute atomic E-state index is 0.184. The van der Waals surface area contributed by atoms with E-state index in [0.717, 1.165) is 11.1 Å². The fraction of sp³-hybridized carbons (Fsp3) is 0.167. The second-order valence-corrected chi connectivity index (χ2v) is 5.24. The van der Waals surface area contributed by atoms with Crippen LogP contribution in [0.25, 0.3) is 0 Å². The summed E-state index contributed by atoms with van der Waals surface area (Å²) in [4.78, 5) is 0. The Morgan fingerprint density at radius 2 is 1.94 bits per heavy atom. The molecule has 1 atom stereocenters. The Bertz CT molecular complexity index is 507. The molecule has 0 aliphatic carbocycles. The van der Waals surface area contributed by atoms with E-state index in [2.05, 4.69) is 17.7 Å². The zero-order chi connectivity index (χ0) is 11.7. The van der Waals surface area contributed by atoms with Gasteiger partial charge in [-0.3, -0.25) is 0 Å². The van der Waals surface area contributed by atoms with Crippen molar-refractivity contribution in [2.45, 2.75) is 13.0 Å². The zero-order valence-electron chi connectivity index (χ0n) is 8.71. The molecule has 84 valence electrons. The lowest BCUT2D eigenvalue weighted by molar-refractivity contribution is 0.868. The average Bonchev–Trinajstić information content (AvgIpc) is 2.63. The lowest BCUT2D eigenvalue weighted by atomic mass is 9.99. The van der Waals surface area contributed by atoms with Gasteiger partial charge in [0.05, 0.1) is 6.04 Å². The van der Waals surface area contributed by atoms with E-state index in [1.165, 1.54) is 5.56 Å². The van der Waals surface area contributed by atoms with Gasteiger partial charge in [0.25, 0.3) is 0 Å². The quantitative estimate of drug-likeness (QED) is 0.860. The van der Waals surface area contributed by atoms with Crippen LogP contribution in [0.2, 0.25) is 10.0 Å². The van der Waals surface area contributed by atoms with E-state index >= 15 is 0 Å². The molecule has 1 unspecified atom stereocenters. The van der Waals surface area contributed by atoms with Crippen molar-refractivity contribution >= 4 is 34.5 Å². The number of aryl methyl sites for hydroxylation is 1. The molecule has 2 N–H and O–H groups in total. The first-order valence-corrected chi connectivity index (χ1v) is 6.52. The van der Waals surface area contributed by atoms with Crippen LogP contribution in [-0.4, -0.2) is 0 Å². The molecule has 0 bridgehead atoms. The van der Waals surface area contributed by atoms with Gasteiger partial charge in [-0.15, -0.1) is 0 Å². The molecule has 1 aromatic carbocycles. The predicted molar refractivity (Wildman–Crippen MR) is 71.5 cm³/mol. The second-order valence-electron chi connectivity index (χ2n) is 3.65. The van der Waals surface area contributed by atoms with E-state index in [9.17, 15) is 0 Å². The maximum Gasteiger partial charge on any atom is 0.0577 e. The molecule has 4 heteroatoms. The van der Waals surface area contributed by atoms with Crippen LogP contribution >= 0.6 is 34.5 Å². The highest BCUT2D eigenvalue weighted by Gasteiger charge is 2.15. The highest BCUT2D eigenvalue weighted by atomic mass is 35.5. The van der Waals surface area contributed by atoms with Crippen molar-refractivity contribution in [3.05, 3.63) is 55.7 Å². The van der Waals surface area contributed by atoms with Gasteiger partial charge >= 0.3 is 0 Å². The molecule has 1 nitrogen and oxygen atoms in total. The molecule has 0 fully saturated rings. The molecule has 2 aromatic rings. The summed E-state index contributed by atoms with van der Waals surface area (Å²) in [6.45, 7) is 2.05. The van der Waals surface area contributed by atoms with Gasteiger partial charge < -0.3 is 5.73 Å². The topological polar surface area (TPSA) is 26.0 Å². The minimum Gasteiger partial charge on any atom is -0.320 e. The third kappa shape index (κ3) is 2.25. The van der Waals surface area contributed by atoms with Gasteiger partial charge in [-0.25, -0.2) is 0 Å². The van der Waals surface area contributed by atoms with Crippen molar-refractivity contribution in [3.8, 4) is 0 Å². The van der Waals surface area contributed by atoms with Crippen LogP contribution in [0.15, 0.2) is 29.0 Å². The van der Waals surface area contributed by atoms with Gasteiger partial charge in [-0.2, -0.15) is 11.3 Å². The van der Waals surface area contributed by atoms with Crippen molar-refractivity contribution in [1.29, 1.82) is 0 Å². The van der Waals surface area contributed by atoms with Crippen LogP contribution in [-0.2, 0) is 0 Å². The lowest BCUT2D eigenvalue weighted by Crippen LogP contribution is -2.12.